The van der Waals surface area contributed by atoms with Crippen molar-refractivity contribution < 1.29 is 24.3 Å². The molecule has 2 fully saturated rings. The van der Waals surface area contributed by atoms with Crippen LogP contribution in [0.2, 0.25) is 0 Å². The number of para-hydroxylation sites is 2. The number of carbonyl (C=O) groups excluding carboxylic acids is 2. The highest BCUT2D eigenvalue weighted by Crippen LogP contribution is 2.49. The fraction of sp³-hybridized carbons (Fsp3) is 0.259. The predicted molar refractivity (Wildman–Crippen MR) is 127 cm³/mol. The fourth-order valence-electron chi connectivity index (χ4n) is 4.55. The molecule has 7 heteroatoms. The average molecular weight is 459 g/mol. The Morgan fingerprint density at radius 1 is 0.882 bits per heavy atom. The molecule has 3 aromatic rings. The second-order valence-electron chi connectivity index (χ2n) is 8.42. The summed E-state index contributed by atoms with van der Waals surface area (Å²) in [6.07, 6.45) is 1.00. The Bertz CT molecular complexity index is 1180. The minimum atomic E-state index is -0.988. The van der Waals surface area contributed by atoms with Crippen LogP contribution in [-0.2, 0) is 14.4 Å². The van der Waals surface area contributed by atoms with Crippen LogP contribution in [0.15, 0.2) is 78.9 Å². The number of carbonyl (C=O) groups is 2. The SMILES string of the molecule is CCCCOc1ccc(N2C(=O)[C@H]3[C@H](ON(c4ccccc4)[C@H]3c3ccccc3O)C2=O)cc1. The summed E-state index contributed by atoms with van der Waals surface area (Å²) in [5.74, 6) is -0.851. The fourth-order valence-corrected chi connectivity index (χ4v) is 4.55. The Morgan fingerprint density at radius 3 is 2.29 bits per heavy atom. The Hall–Kier alpha value is -3.84. The number of phenolic OH excluding ortho intramolecular Hbond substituents is 1. The van der Waals surface area contributed by atoms with Crippen LogP contribution < -0.4 is 14.7 Å². The lowest BCUT2D eigenvalue weighted by Gasteiger charge is -2.29. The van der Waals surface area contributed by atoms with Crippen LogP contribution in [0.1, 0.15) is 31.4 Å². The lowest BCUT2D eigenvalue weighted by Crippen LogP contribution is -2.37. The monoisotopic (exact) mass is 458 g/mol. The first-order valence-electron chi connectivity index (χ1n) is 11.5. The van der Waals surface area contributed by atoms with E-state index < -0.39 is 24.0 Å². The Kier molecular flexibility index (Phi) is 5.94. The molecule has 3 atom stereocenters. The van der Waals surface area contributed by atoms with E-state index in [1.165, 1.54) is 4.90 Å². The minimum Gasteiger partial charge on any atom is -0.508 e. The molecule has 0 radical (unpaired) electrons. The van der Waals surface area contributed by atoms with Gasteiger partial charge in [0.2, 0.25) is 5.91 Å². The van der Waals surface area contributed by atoms with Gasteiger partial charge >= 0.3 is 0 Å². The Labute approximate surface area is 198 Å². The van der Waals surface area contributed by atoms with Crippen molar-refractivity contribution in [2.75, 3.05) is 16.6 Å². The third-order valence-electron chi connectivity index (χ3n) is 6.24. The lowest BCUT2D eigenvalue weighted by atomic mass is 9.90. The molecule has 2 aliphatic heterocycles. The summed E-state index contributed by atoms with van der Waals surface area (Å²) in [7, 11) is 0. The van der Waals surface area contributed by atoms with Gasteiger partial charge in [-0.15, -0.1) is 0 Å². The number of aromatic hydroxyl groups is 1. The molecule has 0 spiro atoms. The van der Waals surface area contributed by atoms with Crippen molar-refractivity contribution in [2.45, 2.75) is 31.9 Å². The zero-order valence-electron chi connectivity index (χ0n) is 18.8. The third kappa shape index (κ3) is 3.78. The second-order valence-corrected chi connectivity index (χ2v) is 8.42. The van der Waals surface area contributed by atoms with Gasteiger partial charge in [-0.1, -0.05) is 49.7 Å². The highest BCUT2D eigenvalue weighted by atomic mass is 16.7. The third-order valence-corrected chi connectivity index (χ3v) is 6.24. The van der Waals surface area contributed by atoms with E-state index in [-0.39, 0.29) is 11.7 Å². The summed E-state index contributed by atoms with van der Waals surface area (Å²) in [6, 6.07) is 22.4. The van der Waals surface area contributed by atoms with Crippen molar-refractivity contribution in [2.24, 2.45) is 5.92 Å². The van der Waals surface area contributed by atoms with Crippen LogP contribution in [0, 0.1) is 5.92 Å². The summed E-state index contributed by atoms with van der Waals surface area (Å²) >= 11 is 0. The topological polar surface area (TPSA) is 79.3 Å². The van der Waals surface area contributed by atoms with E-state index in [9.17, 15) is 14.7 Å². The number of hydroxylamine groups is 1. The van der Waals surface area contributed by atoms with Crippen molar-refractivity contribution in [1.29, 1.82) is 0 Å². The lowest BCUT2D eigenvalue weighted by molar-refractivity contribution is -0.126. The highest BCUT2D eigenvalue weighted by Gasteiger charge is 2.60. The van der Waals surface area contributed by atoms with Crippen LogP contribution >= 0.6 is 0 Å². The molecule has 2 amide bonds. The number of nitrogens with zero attached hydrogens (tertiary/aromatic N) is 2. The van der Waals surface area contributed by atoms with Gasteiger partial charge in [-0.05, 0) is 48.9 Å². The van der Waals surface area contributed by atoms with Crippen LogP contribution in [0.4, 0.5) is 11.4 Å². The molecule has 7 nitrogen and oxygen atoms in total. The van der Waals surface area contributed by atoms with E-state index in [4.69, 9.17) is 9.57 Å². The predicted octanol–water partition coefficient (Wildman–Crippen LogP) is 4.62. The molecule has 0 unspecified atom stereocenters. The number of anilines is 2. The summed E-state index contributed by atoms with van der Waals surface area (Å²) in [6.45, 7) is 2.71. The first kappa shape index (κ1) is 22.0. The Morgan fingerprint density at radius 2 is 1.59 bits per heavy atom. The molecule has 3 aromatic carbocycles. The molecule has 0 saturated carbocycles. The van der Waals surface area contributed by atoms with E-state index >= 15 is 0 Å². The number of benzene rings is 3. The van der Waals surface area contributed by atoms with E-state index in [0.717, 1.165) is 12.8 Å². The summed E-state index contributed by atoms with van der Waals surface area (Å²) < 4.78 is 5.70. The van der Waals surface area contributed by atoms with Gasteiger partial charge in [-0.3, -0.25) is 14.4 Å². The highest BCUT2D eigenvalue weighted by molar-refractivity contribution is 6.24. The van der Waals surface area contributed by atoms with Gasteiger partial charge in [-0.2, -0.15) is 0 Å². The summed E-state index contributed by atoms with van der Waals surface area (Å²) in [4.78, 5) is 34.3. The molecule has 0 bridgehead atoms. The van der Waals surface area contributed by atoms with Gasteiger partial charge in [-0.25, -0.2) is 9.96 Å². The molecule has 0 aromatic heterocycles. The number of hydrogen-bond donors (Lipinski definition) is 1. The standard InChI is InChI=1S/C27H26N2O5/c1-2-3-17-33-20-15-13-18(14-16-20)28-26(31)23-24(21-11-7-8-12-22(21)30)29(34-25(23)27(28)32)19-9-5-4-6-10-19/h4-16,23-25,30H,2-3,17H2,1H3/t23-,24+,25+/m1/s1. The summed E-state index contributed by atoms with van der Waals surface area (Å²) in [5, 5.41) is 12.2. The van der Waals surface area contributed by atoms with Crippen molar-refractivity contribution in [1.82, 2.24) is 0 Å². The van der Waals surface area contributed by atoms with E-state index in [1.54, 1.807) is 53.6 Å². The quantitative estimate of drug-likeness (QED) is 0.411. The molecule has 34 heavy (non-hydrogen) atoms. The largest absolute Gasteiger partial charge is 0.508 e. The molecule has 1 N–H and O–H groups in total. The van der Waals surface area contributed by atoms with Crippen LogP contribution in [0.3, 0.4) is 0 Å². The molecule has 174 valence electrons. The number of fused-ring (bicyclic) bond motifs is 1. The van der Waals surface area contributed by atoms with E-state index in [0.29, 0.717) is 29.3 Å². The molecule has 2 heterocycles. The van der Waals surface area contributed by atoms with Crippen molar-refractivity contribution >= 4 is 23.2 Å². The number of ether oxygens (including phenoxy) is 1. The number of unbranched alkanes of at least 4 members (excludes halogenated alkanes) is 1. The first-order chi connectivity index (χ1) is 16.6. The van der Waals surface area contributed by atoms with Crippen molar-refractivity contribution in [3.05, 3.63) is 84.4 Å². The number of phenols is 1. The number of hydrogen-bond acceptors (Lipinski definition) is 6. The normalized spacial score (nSPS) is 21.7. The Balaban J connectivity index is 1.47. The van der Waals surface area contributed by atoms with Gasteiger partial charge < -0.3 is 9.84 Å². The number of rotatable bonds is 7. The zero-order valence-corrected chi connectivity index (χ0v) is 18.8. The maximum absolute atomic E-state index is 13.7. The molecule has 0 aliphatic carbocycles. The number of imide groups is 1. The van der Waals surface area contributed by atoms with E-state index in [1.807, 2.05) is 30.3 Å². The van der Waals surface area contributed by atoms with Crippen molar-refractivity contribution in [3.8, 4) is 11.5 Å². The van der Waals surface area contributed by atoms with Crippen LogP contribution in [0.5, 0.6) is 11.5 Å². The molecule has 2 aliphatic rings. The summed E-state index contributed by atoms with van der Waals surface area (Å²) in [5.41, 5.74) is 1.70. The van der Waals surface area contributed by atoms with E-state index in [2.05, 4.69) is 6.92 Å². The number of amides is 2. The maximum atomic E-state index is 13.7. The second kappa shape index (κ2) is 9.19. The smallest absolute Gasteiger partial charge is 0.266 e. The average Bonchev–Trinajstić information content (AvgIpc) is 3.36. The van der Waals surface area contributed by atoms with Crippen molar-refractivity contribution in [3.63, 3.8) is 0 Å². The van der Waals surface area contributed by atoms with Gasteiger partial charge in [0.25, 0.3) is 5.91 Å². The minimum absolute atomic E-state index is 0.0463. The maximum Gasteiger partial charge on any atom is 0.266 e. The van der Waals surface area contributed by atoms with Gasteiger partial charge in [0.1, 0.15) is 17.4 Å². The molecular formula is C27H26N2O5. The first-order valence-corrected chi connectivity index (χ1v) is 11.5. The molecular weight excluding hydrogens is 432 g/mol. The zero-order chi connectivity index (χ0) is 23.7. The van der Waals surface area contributed by atoms with Gasteiger partial charge in [0, 0.05) is 5.56 Å². The van der Waals surface area contributed by atoms with Gasteiger partial charge in [0.15, 0.2) is 6.10 Å². The van der Waals surface area contributed by atoms with Crippen LogP contribution in [-0.4, -0.2) is 29.6 Å². The molecule has 5 rings (SSSR count). The van der Waals surface area contributed by atoms with Gasteiger partial charge in [0.05, 0.1) is 24.0 Å². The van der Waals surface area contributed by atoms with Crippen LogP contribution in [0.25, 0.3) is 0 Å². The molecule has 2 saturated heterocycles.